The summed E-state index contributed by atoms with van der Waals surface area (Å²) < 4.78 is 9.93. The first-order valence-corrected chi connectivity index (χ1v) is 16.6. The highest BCUT2D eigenvalue weighted by molar-refractivity contribution is 6.19. The Kier molecular flexibility index (Phi) is 10.4. The zero-order chi connectivity index (χ0) is 33.1. The number of halogens is 2. The second-order valence-electron chi connectivity index (χ2n) is 11.7. The Morgan fingerprint density at radius 3 is 1.46 bits per heavy atom. The van der Waals surface area contributed by atoms with Crippen molar-refractivity contribution >= 4 is 79.5 Å². The van der Waals surface area contributed by atoms with Gasteiger partial charge in [-0.05, 0) is 122 Å². The Balaban J connectivity index is 1.90. The minimum Gasteiger partial charge on any atom is -0.469 e. The SMILES string of the molecule is COC(=O)CCc1c(C)c2cc3nc(cc4nc(cc5[nH]c(cc1[nH]2)c(CCC(=O)OC)c5C)C(CCCl)=C4C)C(CCCl)=C3C. The van der Waals surface area contributed by atoms with Crippen molar-refractivity contribution in [3.05, 3.63) is 69.3 Å². The van der Waals surface area contributed by atoms with Crippen LogP contribution in [0.1, 0.15) is 84.6 Å². The molecule has 5 rings (SSSR count). The molecule has 242 valence electrons. The van der Waals surface area contributed by atoms with E-state index in [-0.39, 0.29) is 24.8 Å². The molecule has 0 fully saturated rings. The average molecular weight is 664 g/mol. The van der Waals surface area contributed by atoms with Gasteiger partial charge in [0.15, 0.2) is 0 Å². The molecule has 2 aliphatic rings. The molecule has 0 unspecified atom stereocenters. The third-order valence-corrected chi connectivity index (χ3v) is 9.48. The van der Waals surface area contributed by atoms with E-state index in [0.717, 1.165) is 89.4 Å². The molecule has 5 heterocycles. The van der Waals surface area contributed by atoms with Gasteiger partial charge in [0.25, 0.3) is 0 Å². The molecule has 8 bridgehead atoms. The van der Waals surface area contributed by atoms with Gasteiger partial charge in [-0.15, -0.1) is 23.2 Å². The van der Waals surface area contributed by atoms with E-state index in [1.807, 2.05) is 0 Å². The van der Waals surface area contributed by atoms with Crippen molar-refractivity contribution in [2.75, 3.05) is 26.0 Å². The molecular weight excluding hydrogens is 623 g/mol. The van der Waals surface area contributed by atoms with Gasteiger partial charge in [-0.25, -0.2) is 9.97 Å². The summed E-state index contributed by atoms with van der Waals surface area (Å²) in [7, 11) is 2.81. The molecule has 3 aromatic rings. The number of aryl methyl sites for hydroxylation is 4. The third-order valence-electron chi connectivity index (χ3n) is 9.10. The fraction of sp³-hybridized carbons (Fsp3) is 0.389. The number of nitrogens with zero attached hydrogens (tertiary/aromatic N) is 2. The number of aromatic amines is 2. The van der Waals surface area contributed by atoms with E-state index in [1.54, 1.807) is 0 Å². The number of ether oxygens (including phenoxy) is 2. The van der Waals surface area contributed by atoms with Crippen LogP contribution in [0.2, 0.25) is 0 Å². The molecule has 10 heteroatoms. The predicted octanol–water partition coefficient (Wildman–Crippen LogP) is 8.26. The highest BCUT2D eigenvalue weighted by Crippen LogP contribution is 2.37. The van der Waals surface area contributed by atoms with Crippen LogP contribution in [0.4, 0.5) is 0 Å². The van der Waals surface area contributed by atoms with Gasteiger partial charge < -0.3 is 19.4 Å². The van der Waals surface area contributed by atoms with Gasteiger partial charge in [0, 0.05) is 46.7 Å². The number of rotatable bonds is 10. The zero-order valence-electron chi connectivity index (χ0n) is 27.2. The van der Waals surface area contributed by atoms with Crippen LogP contribution >= 0.6 is 23.2 Å². The molecule has 0 atom stereocenters. The van der Waals surface area contributed by atoms with Gasteiger partial charge in [0.05, 0.1) is 37.0 Å². The molecule has 0 spiro atoms. The molecule has 0 aromatic carbocycles. The van der Waals surface area contributed by atoms with E-state index in [1.165, 1.54) is 14.2 Å². The number of esters is 2. The maximum absolute atomic E-state index is 12.2. The molecule has 46 heavy (non-hydrogen) atoms. The number of allylic oxidation sites excluding steroid dienone is 4. The van der Waals surface area contributed by atoms with Crippen molar-refractivity contribution in [2.24, 2.45) is 0 Å². The Hall–Kier alpha value is -3.88. The summed E-state index contributed by atoms with van der Waals surface area (Å²) in [5.41, 5.74) is 15.3. The number of carbonyl (C=O) groups excluding carboxylic acids is 2. The van der Waals surface area contributed by atoms with Crippen LogP contribution in [0.25, 0.3) is 44.4 Å². The Morgan fingerprint density at radius 2 is 1.02 bits per heavy atom. The summed E-state index contributed by atoms with van der Waals surface area (Å²) >= 11 is 12.6. The van der Waals surface area contributed by atoms with Crippen LogP contribution < -0.4 is 0 Å². The number of fused-ring (bicyclic) bond motifs is 8. The van der Waals surface area contributed by atoms with Crippen LogP contribution in [0.3, 0.4) is 0 Å². The van der Waals surface area contributed by atoms with Crippen molar-refractivity contribution < 1.29 is 19.1 Å². The Morgan fingerprint density at radius 1 is 0.609 bits per heavy atom. The molecule has 0 amide bonds. The van der Waals surface area contributed by atoms with Gasteiger partial charge in [-0.1, -0.05) is 0 Å². The first-order chi connectivity index (χ1) is 22.1. The highest BCUT2D eigenvalue weighted by atomic mass is 35.5. The number of nitrogens with one attached hydrogen (secondary N) is 2. The van der Waals surface area contributed by atoms with E-state index >= 15 is 0 Å². The topological polar surface area (TPSA) is 110 Å². The Bertz CT molecular complexity index is 1930. The number of aromatic nitrogens is 4. The quantitative estimate of drug-likeness (QED) is 0.167. The van der Waals surface area contributed by atoms with Crippen LogP contribution in [-0.4, -0.2) is 57.9 Å². The lowest BCUT2D eigenvalue weighted by molar-refractivity contribution is -0.141. The summed E-state index contributed by atoms with van der Waals surface area (Å²) in [4.78, 5) is 41.8. The average Bonchev–Trinajstić information content (AvgIpc) is 3.69. The van der Waals surface area contributed by atoms with Crippen LogP contribution in [0.5, 0.6) is 0 Å². The fourth-order valence-electron chi connectivity index (χ4n) is 6.34. The minimum absolute atomic E-state index is 0.243. The smallest absolute Gasteiger partial charge is 0.305 e. The van der Waals surface area contributed by atoms with E-state index < -0.39 is 0 Å². The lowest BCUT2D eigenvalue weighted by Crippen LogP contribution is -2.02. The summed E-state index contributed by atoms with van der Waals surface area (Å²) in [6.45, 7) is 8.27. The van der Waals surface area contributed by atoms with Gasteiger partial charge in [-0.3, -0.25) is 9.59 Å². The largest absolute Gasteiger partial charge is 0.469 e. The number of methoxy groups -OCH3 is 2. The molecule has 0 saturated heterocycles. The molecular formula is C36H40Cl2N4O4. The third kappa shape index (κ3) is 6.65. The van der Waals surface area contributed by atoms with Crippen LogP contribution in [-0.2, 0) is 31.9 Å². The minimum atomic E-state index is -0.273. The Labute approximate surface area is 279 Å². The summed E-state index contributed by atoms with van der Waals surface area (Å²) in [5, 5.41) is 0. The van der Waals surface area contributed by atoms with Crippen molar-refractivity contribution in [3.8, 4) is 0 Å². The number of H-pyrrole nitrogens is 2. The second kappa shape index (κ2) is 14.3. The lowest BCUT2D eigenvalue weighted by atomic mass is 10.0. The summed E-state index contributed by atoms with van der Waals surface area (Å²) in [5.74, 6) is 0.393. The lowest BCUT2D eigenvalue weighted by Gasteiger charge is -2.03. The molecule has 8 nitrogen and oxygen atoms in total. The molecule has 0 radical (unpaired) electrons. The van der Waals surface area contributed by atoms with Crippen molar-refractivity contribution in [1.29, 1.82) is 0 Å². The summed E-state index contributed by atoms with van der Waals surface area (Å²) in [6, 6.07) is 8.26. The summed E-state index contributed by atoms with van der Waals surface area (Å²) in [6.07, 6.45) is 2.83. The molecule has 3 aromatic heterocycles. The van der Waals surface area contributed by atoms with E-state index in [9.17, 15) is 9.59 Å². The van der Waals surface area contributed by atoms with E-state index in [2.05, 4.69) is 61.9 Å². The highest BCUT2D eigenvalue weighted by Gasteiger charge is 2.22. The van der Waals surface area contributed by atoms with Gasteiger partial charge >= 0.3 is 11.9 Å². The monoisotopic (exact) mass is 662 g/mol. The van der Waals surface area contributed by atoms with Crippen molar-refractivity contribution in [1.82, 2.24) is 19.9 Å². The number of hydrogen-bond donors (Lipinski definition) is 2. The molecule has 2 aliphatic heterocycles. The second-order valence-corrected chi connectivity index (χ2v) is 12.4. The van der Waals surface area contributed by atoms with Gasteiger partial charge in [0.2, 0.25) is 0 Å². The van der Waals surface area contributed by atoms with E-state index in [4.69, 9.17) is 42.6 Å². The fourth-order valence-corrected chi connectivity index (χ4v) is 6.72. The standard InChI is InChI=1S/C36H40Cl2N4O4/c1-19-23(7-9-35(43)45-5)33-18-34-24(8-10-36(44)46-6)20(2)29(42-34)16-32-26(12-14-38)22(4)30(41-32)17-31-25(11-13-37)21(3)28(39-31)15-27(19)40-33/h15-18,40,42H,7-14H2,1-6H3. The van der Waals surface area contributed by atoms with Crippen molar-refractivity contribution in [2.45, 2.75) is 66.2 Å². The van der Waals surface area contributed by atoms with Crippen LogP contribution in [0.15, 0.2) is 24.3 Å². The van der Waals surface area contributed by atoms with Gasteiger partial charge in [0.1, 0.15) is 0 Å². The number of alkyl halides is 2. The van der Waals surface area contributed by atoms with Crippen molar-refractivity contribution in [3.63, 3.8) is 0 Å². The zero-order valence-corrected chi connectivity index (χ0v) is 28.8. The molecule has 2 N–H and O–H groups in total. The van der Waals surface area contributed by atoms with Crippen LogP contribution in [0, 0.1) is 13.8 Å². The maximum atomic E-state index is 12.2. The normalized spacial score (nSPS) is 13.0. The number of hydrogen-bond acceptors (Lipinski definition) is 6. The number of carbonyl (C=O) groups is 2. The van der Waals surface area contributed by atoms with E-state index in [0.29, 0.717) is 37.4 Å². The van der Waals surface area contributed by atoms with Gasteiger partial charge in [-0.2, -0.15) is 0 Å². The first-order valence-electron chi connectivity index (χ1n) is 15.5. The first kappa shape index (κ1) is 33.5. The molecule has 0 aliphatic carbocycles. The molecule has 0 saturated carbocycles. The predicted molar refractivity (Wildman–Crippen MR) is 187 cm³/mol. The maximum Gasteiger partial charge on any atom is 0.305 e.